The van der Waals surface area contributed by atoms with E-state index in [0.29, 0.717) is 15.0 Å². The van der Waals surface area contributed by atoms with Crippen LogP contribution in [-0.4, -0.2) is 10.2 Å². The Morgan fingerprint density at radius 1 is 1.44 bits per heavy atom. The SMILES string of the molecule is CC(N)c1nnc(-c2ccc(Br)c(F)c2)s1. The van der Waals surface area contributed by atoms with Crippen molar-refractivity contribution < 1.29 is 4.39 Å². The van der Waals surface area contributed by atoms with E-state index in [4.69, 9.17) is 5.73 Å². The number of halogens is 2. The molecule has 1 aromatic heterocycles. The lowest BCUT2D eigenvalue weighted by atomic mass is 10.2. The Morgan fingerprint density at radius 3 is 2.75 bits per heavy atom. The highest BCUT2D eigenvalue weighted by molar-refractivity contribution is 9.10. The van der Waals surface area contributed by atoms with E-state index < -0.39 is 0 Å². The maximum Gasteiger partial charge on any atom is 0.147 e. The van der Waals surface area contributed by atoms with Crippen molar-refractivity contribution in [3.05, 3.63) is 33.5 Å². The van der Waals surface area contributed by atoms with Gasteiger partial charge in [-0.2, -0.15) is 0 Å². The third-order valence-electron chi connectivity index (χ3n) is 2.00. The summed E-state index contributed by atoms with van der Waals surface area (Å²) in [5.41, 5.74) is 6.40. The Bertz CT molecular complexity index is 513. The molecule has 84 valence electrons. The molecule has 0 saturated carbocycles. The Hall–Kier alpha value is -0.850. The molecule has 0 aliphatic carbocycles. The average molecular weight is 302 g/mol. The number of nitrogens with two attached hydrogens (primary N) is 1. The maximum atomic E-state index is 13.3. The third-order valence-corrected chi connectivity index (χ3v) is 3.81. The lowest BCUT2D eigenvalue weighted by Crippen LogP contribution is -2.03. The van der Waals surface area contributed by atoms with Crippen molar-refractivity contribution in [2.75, 3.05) is 0 Å². The number of hydrogen-bond acceptors (Lipinski definition) is 4. The van der Waals surface area contributed by atoms with Crippen LogP contribution >= 0.6 is 27.3 Å². The number of nitrogens with zero attached hydrogens (tertiary/aromatic N) is 2. The minimum Gasteiger partial charge on any atom is -0.322 e. The largest absolute Gasteiger partial charge is 0.322 e. The summed E-state index contributed by atoms with van der Waals surface area (Å²) in [6.45, 7) is 1.84. The van der Waals surface area contributed by atoms with Gasteiger partial charge in [0.25, 0.3) is 0 Å². The molecule has 0 radical (unpaired) electrons. The second-order valence-electron chi connectivity index (χ2n) is 3.36. The highest BCUT2D eigenvalue weighted by atomic mass is 79.9. The Labute approximate surface area is 105 Å². The molecule has 2 N–H and O–H groups in total. The van der Waals surface area contributed by atoms with Crippen molar-refractivity contribution >= 4 is 27.3 Å². The molecule has 1 aromatic carbocycles. The molecule has 0 saturated heterocycles. The van der Waals surface area contributed by atoms with Crippen LogP contribution in [0.3, 0.4) is 0 Å². The van der Waals surface area contributed by atoms with Gasteiger partial charge >= 0.3 is 0 Å². The predicted molar refractivity (Wildman–Crippen MR) is 65.6 cm³/mol. The molecule has 0 amide bonds. The Morgan fingerprint density at radius 2 is 2.19 bits per heavy atom. The lowest BCUT2D eigenvalue weighted by molar-refractivity contribution is 0.621. The fourth-order valence-electron chi connectivity index (χ4n) is 1.16. The summed E-state index contributed by atoms with van der Waals surface area (Å²) in [6, 6.07) is 4.72. The van der Waals surface area contributed by atoms with Crippen molar-refractivity contribution in [2.45, 2.75) is 13.0 Å². The van der Waals surface area contributed by atoms with Crippen LogP contribution in [0.25, 0.3) is 10.6 Å². The molecule has 1 heterocycles. The smallest absolute Gasteiger partial charge is 0.147 e. The minimum absolute atomic E-state index is 0.147. The van der Waals surface area contributed by atoms with Crippen molar-refractivity contribution in [3.63, 3.8) is 0 Å². The van der Waals surface area contributed by atoms with Crippen molar-refractivity contribution in [3.8, 4) is 10.6 Å². The van der Waals surface area contributed by atoms with Gasteiger partial charge in [0, 0.05) is 5.56 Å². The van der Waals surface area contributed by atoms with E-state index in [2.05, 4.69) is 26.1 Å². The topological polar surface area (TPSA) is 51.8 Å². The summed E-state index contributed by atoms with van der Waals surface area (Å²) >= 11 is 4.48. The van der Waals surface area contributed by atoms with Crippen LogP contribution < -0.4 is 5.73 Å². The fraction of sp³-hybridized carbons (Fsp3) is 0.200. The summed E-state index contributed by atoms with van der Waals surface area (Å²) in [7, 11) is 0. The summed E-state index contributed by atoms with van der Waals surface area (Å²) in [5, 5.41) is 9.37. The van der Waals surface area contributed by atoms with Crippen LogP contribution in [0.4, 0.5) is 4.39 Å². The molecule has 1 unspecified atom stereocenters. The maximum absolute atomic E-state index is 13.3. The number of aromatic nitrogens is 2. The first-order valence-electron chi connectivity index (χ1n) is 4.62. The molecule has 0 aliphatic rings. The van der Waals surface area contributed by atoms with Crippen LogP contribution in [-0.2, 0) is 0 Å². The zero-order valence-electron chi connectivity index (χ0n) is 8.45. The van der Waals surface area contributed by atoms with Gasteiger partial charge in [-0.3, -0.25) is 0 Å². The monoisotopic (exact) mass is 301 g/mol. The van der Waals surface area contributed by atoms with E-state index in [0.717, 1.165) is 5.01 Å². The molecule has 1 atom stereocenters. The van der Waals surface area contributed by atoms with Gasteiger partial charge < -0.3 is 5.73 Å². The second kappa shape index (κ2) is 4.57. The highest BCUT2D eigenvalue weighted by Gasteiger charge is 2.11. The fourth-order valence-corrected chi connectivity index (χ4v) is 2.20. The molecule has 2 rings (SSSR count). The molecule has 0 fully saturated rings. The van der Waals surface area contributed by atoms with Crippen LogP contribution in [0.2, 0.25) is 0 Å². The summed E-state index contributed by atoms with van der Waals surface area (Å²) < 4.78 is 13.8. The first-order valence-corrected chi connectivity index (χ1v) is 6.23. The van der Waals surface area contributed by atoms with Crippen molar-refractivity contribution in [2.24, 2.45) is 5.73 Å². The molecule has 16 heavy (non-hydrogen) atoms. The van der Waals surface area contributed by atoms with Gasteiger partial charge in [0.15, 0.2) is 0 Å². The summed E-state index contributed by atoms with van der Waals surface area (Å²) in [4.78, 5) is 0. The molecule has 0 aliphatic heterocycles. The first-order chi connectivity index (χ1) is 7.58. The standard InChI is InChI=1S/C10H9BrFN3S/c1-5(13)9-14-15-10(16-9)6-2-3-7(11)8(12)4-6/h2-5H,13H2,1H3. The van der Waals surface area contributed by atoms with Crippen molar-refractivity contribution in [1.82, 2.24) is 10.2 Å². The average Bonchev–Trinajstić information content (AvgIpc) is 2.71. The van der Waals surface area contributed by atoms with Gasteiger partial charge in [-0.1, -0.05) is 17.4 Å². The quantitative estimate of drug-likeness (QED) is 0.927. The van der Waals surface area contributed by atoms with E-state index in [-0.39, 0.29) is 11.9 Å². The Balaban J connectivity index is 2.39. The number of benzene rings is 1. The first kappa shape index (κ1) is 11.6. The number of hydrogen-bond donors (Lipinski definition) is 1. The summed E-state index contributed by atoms with van der Waals surface area (Å²) in [6.07, 6.45) is 0. The van der Waals surface area contributed by atoms with Crippen LogP contribution in [0, 0.1) is 5.82 Å². The number of rotatable bonds is 2. The predicted octanol–water partition coefficient (Wildman–Crippen LogP) is 3.13. The second-order valence-corrected chi connectivity index (χ2v) is 5.23. The molecular formula is C10H9BrFN3S. The molecule has 6 heteroatoms. The molecule has 0 bridgehead atoms. The lowest BCUT2D eigenvalue weighted by Gasteiger charge is -1.98. The zero-order chi connectivity index (χ0) is 11.7. The van der Waals surface area contributed by atoms with Crippen LogP contribution in [0.5, 0.6) is 0 Å². The third kappa shape index (κ3) is 2.28. The van der Waals surface area contributed by atoms with E-state index in [1.807, 2.05) is 6.92 Å². The molecule has 3 nitrogen and oxygen atoms in total. The van der Waals surface area contributed by atoms with Gasteiger partial charge in [0.2, 0.25) is 0 Å². The van der Waals surface area contributed by atoms with Gasteiger partial charge in [0.05, 0.1) is 10.5 Å². The van der Waals surface area contributed by atoms with E-state index in [1.165, 1.54) is 17.4 Å². The van der Waals surface area contributed by atoms with Gasteiger partial charge in [-0.15, -0.1) is 10.2 Å². The highest BCUT2D eigenvalue weighted by Crippen LogP contribution is 2.28. The molecule has 2 aromatic rings. The van der Waals surface area contributed by atoms with Gasteiger partial charge in [0.1, 0.15) is 15.8 Å². The zero-order valence-corrected chi connectivity index (χ0v) is 10.8. The molecule has 0 spiro atoms. The normalized spacial score (nSPS) is 12.8. The van der Waals surface area contributed by atoms with Crippen LogP contribution in [0.1, 0.15) is 18.0 Å². The van der Waals surface area contributed by atoms with Gasteiger partial charge in [-0.05, 0) is 35.0 Å². The molecular weight excluding hydrogens is 293 g/mol. The van der Waals surface area contributed by atoms with E-state index >= 15 is 0 Å². The Kier molecular flexibility index (Phi) is 3.32. The van der Waals surface area contributed by atoms with Gasteiger partial charge in [-0.25, -0.2) is 4.39 Å². The minimum atomic E-state index is -0.310. The van der Waals surface area contributed by atoms with Crippen molar-refractivity contribution in [1.29, 1.82) is 0 Å². The van der Waals surface area contributed by atoms with Crippen LogP contribution in [0.15, 0.2) is 22.7 Å². The van der Waals surface area contributed by atoms with E-state index in [9.17, 15) is 4.39 Å². The van der Waals surface area contributed by atoms with E-state index in [1.54, 1.807) is 12.1 Å². The summed E-state index contributed by atoms with van der Waals surface area (Å²) in [5.74, 6) is -0.310.